The summed E-state index contributed by atoms with van der Waals surface area (Å²) in [7, 11) is 0. The lowest BCUT2D eigenvalue weighted by Crippen LogP contribution is -2.48. The quantitative estimate of drug-likeness (QED) is 0.807. The van der Waals surface area contributed by atoms with Crippen molar-refractivity contribution >= 4 is 5.91 Å². The van der Waals surface area contributed by atoms with Crippen molar-refractivity contribution in [2.24, 2.45) is 29.4 Å². The van der Waals surface area contributed by atoms with E-state index in [0.717, 1.165) is 31.6 Å². The maximum Gasteiger partial charge on any atom is 0.223 e. The summed E-state index contributed by atoms with van der Waals surface area (Å²) >= 11 is 0. The van der Waals surface area contributed by atoms with Crippen molar-refractivity contribution in [2.75, 3.05) is 0 Å². The van der Waals surface area contributed by atoms with Crippen molar-refractivity contribution in [1.29, 1.82) is 0 Å². The number of hydrogen-bond acceptors (Lipinski definition) is 2. The second kappa shape index (κ2) is 6.25. The Morgan fingerprint density at radius 2 is 1.63 bits per heavy atom. The molecule has 3 heteroatoms. The summed E-state index contributed by atoms with van der Waals surface area (Å²) in [5.74, 6) is 2.24. The Morgan fingerprint density at radius 3 is 2.26 bits per heavy atom. The standard InChI is InChI=1S/C16H30N2O/c1-10-4-6-13(7-5-10)18-16(19)14-9-15(17)12(3)8-11(14)2/h10-15H,4-9,17H2,1-3H3,(H,18,19). The van der Waals surface area contributed by atoms with Gasteiger partial charge in [0.05, 0.1) is 0 Å². The molecule has 4 atom stereocenters. The van der Waals surface area contributed by atoms with E-state index in [1.807, 2.05) is 0 Å². The number of nitrogens with one attached hydrogen (secondary N) is 1. The van der Waals surface area contributed by atoms with Crippen LogP contribution < -0.4 is 11.1 Å². The lowest BCUT2D eigenvalue weighted by molar-refractivity contribution is -0.129. The maximum absolute atomic E-state index is 12.4. The van der Waals surface area contributed by atoms with Gasteiger partial charge >= 0.3 is 0 Å². The van der Waals surface area contributed by atoms with Crippen molar-refractivity contribution < 1.29 is 4.79 Å². The van der Waals surface area contributed by atoms with Crippen LogP contribution >= 0.6 is 0 Å². The molecule has 2 rings (SSSR count). The summed E-state index contributed by atoms with van der Waals surface area (Å²) in [5.41, 5.74) is 6.14. The molecule has 2 aliphatic rings. The van der Waals surface area contributed by atoms with Gasteiger partial charge in [0.2, 0.25) is 5.91 Å². The summed E-state index contributed by atoms with van der Waals surface area (Å²) in [5, 5.41) is 3.28. The predicted molar refractivity (Wildman–Crippen MR) is 78.6 cm³/mol. The third-order valence-corrected chi connectivity index (χ3v) is 5.39. The van der Waals surface area contributed by atoms with Gasteiger partial charge in [-0.3, -0.25) is 4.79 Å². The first kappa shape index (κ1) is 14.8. The summed E-state index contributed by atoms with van der Waals surface area (Å²) < 4.78 is 0. The van der Waals surface area contributed by atoms with E-state index < -0.39 is 0 Å². The van der Waals surface area contributed by atoms with E-state index >= 15 is 0 Å². The Kier molecular flexibility index (Phi) is 4.88. The van der Waals surface area contributed by atoms with Crippen LogP contribution in [0.4, 0.5) is 0 Å². The average molecular weight is 266 g/mol. The molecule has 0 saturated heterocycles. The first-order valence-corrected chi connectivity index (χ1v) is 8.03. The highest BCUT2D eigenvalue weighted by atomic mass is 16.2. The zero-order chi connectivity index (χ0) is 14.0. The van der Waals surface area contributed by atoms with Gasteiger partial charge in [-0.2, -0.15) is 0 Å². The van der Waals surface area contributed by atoms with Gasteiger partial charge in [0.15, 0.2) is 0 Å². The number of carbonyl (C=O) groups excluding carboxylic acids is 1. The van der Waals surface area contributed by atoms with Crippen LogP contribution in [0.1, 0.15) is 59.3 Å². The van der Waals surface area contributed by atoms with Crippen LogP contribution in [0, 0.1) is 23.7 Å². The summed E-state index contributed by atoms with van der Waals surface area (Å²) in [6.07, 6.45) is 6.74. The molecular weight excluding hydrogens is 236 g/mol. The molecule has 0 heterocycles. The fraction of sp³-hybridized carbons (Fsp3) is 0.938. The lowest BCUT2D eigenvalue weighted by atomic mass is 9.72. The van der Waals surface area contributed by atoms with Crippen LogP contribution in [-0.2, 0) is 4.79 Å². The van der Waals surface area contributed by atoms with Crippen LogP contribution in [0.2, 0.25) is 0 Å². The molecule has 0 aromatic rings. The Bertz CT molecular complexity index is 310. The lowest BCUT2D eigenvalue weighted by Gasteiger charge is -2.37. The molecule has 3 N–H and O–H groups in total. The Balaban J connectivity index is 1.85. The van der Waals surface area contributed by atoms with E-state index in [1.54, 1.807) is 0 Å². The highest BCUT2D eigenvalue weighted by Gasteiger charge is 2.35. The van der Waals surface area contributed by atoms with Gasteiger partial charge in [-0.15, -0.1) is 0 Å². The summed E-state index contributed by atoms with van der Waals surface area (Å²) in [6, 6.07) is 0.602. The second-order valence-corrected chi connectivity index (χ2v) is 7.16. The topological polar surface area (TPSA) is 55.1 Å². The Hall–Kier alpha value is -0.570. The van der Waals surface area contributed by atoms with Crippen LogP contribution in [-0.4, -0.2) is 18.0 Å². The number of rotatable bonds is 2. The highest BCUT2D eigenvalue weighted by molar-refractivity contribution is 5.79. The van der Waals surface area contributed by atoms with Gasteiger partial charge in [-0.1, -0.05) is 20.8 Å². The minimum atomic E-state index is 0.130. The molecule has 1 amide bonds. The molecule has 19 heavy (non-hydrogen) atoms. The highest BCUT2D eigenvalue weighted by Crippen LogP contribution is 2.33. The fourth-order valence-electron chi connectivity index (χ4n) is 3.76. The van der Waals surface area contributed by atoms with Gasteiger partial charge in [0.1, 0.15) is 0 Å². The first-order chi connectivity index (χ1) is 8.97. The molecule has 2 saturated carbocycles. The van der Waals surface area contributed by atoms with Gasteiger partial charge < -0.3 is 11.1 Å². The van der Waals surface area contributed by atoms with Gasteiger partial charge in [-0.05, 0) is 56.3 Å². The van der Waals surface area contributed by atoms with E-state index in [9.17, 15) is 4.79 Å². The van der Waals surface area contributed by atoms with Crippen LogP contribution in [0.25, 0.3) is 0 Å². The van der Waals surface area contributed by atoms with Crippen LogP contribution in [0.3, 0.4) is 0 Å². The van der Waals surface area contributed by atoms with Crippen molar-refractivity contribution in [1.82, 2.24) is 5.32 Å². The molecule has 0 aromatic carbocycles. The number of nitrogens with two attached hydrogens (primary N) is 1. The fourth-order valence-corrected chi connectivity index (χ4v) is 3.76. The SMILES string of the molecule is CC1CCC(NC(=O)C2CC(N)C(C)CC2C)CC1. The zero-order valence-corrected chi connectivity index (χ0v) is 12.7. The largest absolute Gasteiger partial charge is 0.353 e. The number of carbonyl (C=O) groups is 1. The second-order valence-electron chi connectivity index (χ2n) is 7.16. The minimum Gasteiger partial charge on any atom is -0.353 e. The molecular formula is C16H30N2O. The summed E-state index contributed by atoms with van der Waals surface area (Å²) in [6.45, 7) is 6.72. The number of amides is 1. The van der Waals surface area contributed by atoms with Crippen molar-refractivity contribution in [2.45, 2.75) is 71.4 Å². The molecule has 3 nitrogen and oxygen atoms in total. The molecule has 0 spiro atoms. The monoisotopic (exact) mass is 266 g/mol. The Labute approximate surface area is 117 Å². The van der Waals surface area contributed by atoms with Crippen molar-refractivity contribution in [3.63, 3.8) is 0 Å². The van der Waals surface area contributed by atoms with E-state index in [-0.39, 0.29) is 17.9 Å². The third kappa shape index (κ3) is 3.71. The molecule has 110 valence electrons. The Morgan fingerprint density at radius 1 is 1.00 bits per heavy atom. The van der Waals surface area contributed by atoms with Crippen molar-refractivity contribution in [3.8, 4) is 0 Å². The molecule has 4 unspecified atom stereocenters. The smallest absolute Gasteiger partial charge is 0.223 e. The first-order valence-electron chi connectivity index (χ1n) is 8.03. The molecule has 0 radical (unpaired) electrons. The minimum absolute atomic E-state index is 0.130. The summed E-state index contributed by atoms with van der Waals surface area (Å²) in [4.78, 5) is 12.4. The predicted octanol–water partition coefficient (Wildman–Crippen LogP) is 2.69. The van der Waals surface area contributed by atoms with Crippen LogP contribution in [0.15, 0.2) is 0 Å². The van der Waals surface area contributed by atoms with E-state index in [0.29, 0.717) is 17.9 Å². The van der Waals surface area contributed by atoms with Crippen LogP contribution in [0.5, 0.6) is 0 Å². The average Bonchev–Trinajstić information content (AvgIpc) is 2.36. The van der Waals surface area contributed by atoms with E-state index in [2.05, 4.69) is 26.1 Å². The van der Waals surface area contributed by atoms with E-state index in [1.165, 1.54) is 12.8 Å². The molecule has 0 aliphatic heterocycles. The van der Waals surface area contributed by atoms with Crippen molar-refractivity contribution in [3.05, 3.63) is 0 Å². The molecule has 2 fully saturated rings. The third-order valence-electron chi connectivity index (χ3n) is 5.39. The molecule has 0 bridgehead atoms. The normalized spacial score (nSPS) is 43.8. The van der Waals surface area contributed by atoms with Gasteiger partial charge in [-0.25, -0.2) is 0 Å². The van der Waals surface area contributed by atoms with Gasteiger partial charge in [0, 0.05) is 18.0 Å². The molecule has 0 aromatic heterocycles. The maximum atomic E-state index is 12.4. The van der Waals surface area contributed by atoms with E-state index in [4.69, 9.17) is 5.73 Å². The number of hydrogen-bond donors (Lipinski definition) is 2. The molecule has 2 aliphatic carbocycles. The van der Waals surface area contributed by atoms with Gasteiger partial charge in [0.25, 0.3) is 0 Å². The zero-order valence-electron chi connectivity index (χ0n) is 12.7.